The summed E-state index contributed by atoms with van der Waals surface area (Å²) in [5.41, 5.74) is -4.51. The van der Waals surface area contributed by atoms with E-state index in [0.29, 0.717) is 5.69 Å². The Morgan fingerprint density at radius 1 is 0.944 bits per heavy atom. The SMILES string of the molecule is CC(C)(C)OC(=O)NCCc1cn(C[C@@H]2C(NC(=O)/C(=N\OC(C)(C)C(=O)OC(C)(C)C)c3csc(NC(=O)OC(C)(C)C)n3)C(=O)N2S(=O)(=O)O)nn1. The first kappa shape index (κ1) is 43.5. The van der Waals surface area contributed by atoms with Crippen molar-refractivity contribution in [2.24, 2.45) is 5.16 Å². The van der Waals surface area contributed by atoms with Crippen LogP contribution < -0.4 is 16.0 Å². The largest absolute Gasteiger partial charge is 0.457 e. The third-order valence-electron chi connectivity index (χ3n) is 6.54. The predicted octanol–water partition coefficient (Wildman–Crippen LogP) is 2.19. The molecular weight excluding hydrogens is 755 g/mol. The number of nitrogens with zero attached hydrogens (tertiary/aromatic N) is 6. The molecule has 1 unspecified atom stereocenters. The van der Waals surface area contributed by atoms with E-state index >= 15 is 0 Å². The van der Waals surface area contributed by atoms with E-state index in [1.54, 1.807) is 62.3 Å². The normalized spacial score (nSPS) is 16.9. The van der Waals surface area contributed by atoms with E-state index in [9.17, 15) is 36.9 Å². The monoisotopic (exact) mass is 801 g/mol. The van der Waals surface area contributed by atoms with Crippen LogP contribution in [0.2, 0.25) is 0 Å². The first-order chi connectivity index (χ1) is 24.5. The Balaban J connectivity index is 1.86. The highest BCUT2D eigenvalue weighted by Gasteiger charge is 2.54. The highest BCUT2D eigenvalue weighted by molar-refractivity contribution is 7.84. The summed E-state index contributed by atoms with van der Waals surface area (Å²) in [4.78, 5) is 73.7. The van der Waals surface area contributed by atoms with Crippen LogP contribution >= 0.6 is 11.3 Å². The minimum atomic E-state index is -5.09. The zero-order valence-electron chi connectivity index (χ0n) is 31.9. The molecule has 2 aromatic rings. The van der Waals surface area contributed by atoms with Crippen LogP contribution in [0.3, 0.4) is 0 Å². The molecule has 0 saturated carbocycles. The molecule has 1 saturated heterocycles. The van der Waals surface area contributed by atoms with Crippen LogP contribution in [0.1, 0.15) is 87.5 Å². The summed E-state index contributed by atoms with van der Waals surface area (Å²) in [6.45, 7) is 17.5. The number of alkyl carbamates (subject to hydrolysis) is 1. The lowest BCUT2D eigenvalue weighted by atomic mass is 9.98. The summed E-state index contributed by atoms with van der Waals surface area (Å²) < 4.78 is 51.4. The lowest BCUT2D eigenvalue weighted by molar-refractivity contribution is -0.179. The number of anilines is 1. The van der Waals surface area contributed by atoms with Crippen molar-refractivity contribution in [2.45, 2.75) is 124 Å². The number of amides is 4. The van der Waals surface area contributed by atoms with Crippen LogP contribution in [0.5, 0.6) is 0 Å². The molecule has 0 spiro atoms. The van der Waals surface area contributed by atoms with Gasteiger partial charge in [-0.3, -0.25) is 24.1 Å². The second-order valence-electron chi connectivity index (χ2n) is 15.4. The molecule has 2 aromatic heterocycles. The summed E-state index contributed by atoms with van der Waals surface area (Å²) in [6.07, 6.45) is 0.162. The van der Waals surface area contributed by atoms with Crippen molar-refractivity contribution >= 4 is 62.5 Å². The fourth-order valence-electron chi connectivity index (χ4n) is 4.32. The molecule has 1 aliphatic heterocycles. The number of thiazole rings is 1. The highest BCUT2D eigenvalue weighted by Crippen LogP contribution is 2.26. The molecule has 2 atom stereocenters. The van der Waals surface area contributed by atoms with Gasteiger partial charge in [0.15, 0.2) is 10.8 Å². The number of ether oxygens (including phenoxy) is 3. The lowest BCUT2D eigenvalue weighted by Crippen LogP contribution is -2.73. The average Bonchev–Trinajstić information content (AvgIpc) is 3.61. The topological polar surface area (TPSA) is 272 Å². The summed E-state index contributed by atoms with van der Waals surface area (Å²) in [7, 11) is -5.09. The number of rotatable bonds is 13. The Bertz CT molecular complexity index is 1870. The number of oxime groups is 1. The molecule has 3 heterocycles. The molecule has 4 N–H and O–H groups in total. The molecule has 21 nitrogen and oxygen atoms in total. The van der Waals surface area contributed by atoms with Gasteiger partial charge in [0, 0.05) is 24.5 Å². The van der Waals surface area contributed by atoms with Crippen LogP contribution in [0.25, 0.3) is 0 Å². The maximum absolute atomic E-state index is 13.8. The minimum absolute atomic E-state index is 0.00965. The molecule has 4 amide bonds. The van der Waals surface area contributed by atoms with E-state index in [4.69, 9.17) is 19.0 Å². The Kier molecular flexibility index (Phi) is 13.1. The zero-order chi connectivity index (χ0) is 41.0. The number of carbonyl (C=O) groups excluding carboxylic acids is 5. The maximum atomic E-state index is 13.8. The van der Waals surface area contributed by atoms with E-state index in [1.165, 1.54) is 30.1 Å². The second-order valence-corrected chi connectivity index (χ2v) is 17.6. The maximum Gasteiger partial charge on any atom is 0.413 e. The Labute approximate surface area is 316 Å². The Hall–Kier alpha value is -4.90. The van der Waals surface area contributed by atoms with Crippen molar-refractivity contribution in [2.75, 3.05) is 11.9 Å². The van der Waals surface area contributed by atoms with Crippen molar-refractivity contribution in [3.8, 4) is 0 Å². The average molecular weight is 802 g/mol. The van der Waals surface area contributed by atoms with Crippen molar-refractivity contribution < 1.29 is 56.0 Å². The zero-order valence-corrected chi connectivity index (χ0v) is 33.5. The third-order valence-corrected chi connectivity index (χ3v) is 8.24. The van der Waals surface area contributed by atoms with Crippen molar-refractivity contribution in [3.63, 3.8) is 0 Å². The molecule has 3 rings (SSSR count). The number of β-lactam (4-membered cyclic amide) rings is 1. The van der Waals surface area contributed by atoms with E-state index in [-0.39, 0.29) is 34.6 Å². The van der Waals surface area contributed by atoms with Gasteiger partial charge in [0.05, 0.1) is 18.3 Å². The summed E-state index contributed by atoms with van der Waals surface area (Å²) >= 11 is 0.887. The van der Waals surface area contributed by atoms with Gasteiger partial charge < -0.3 is 29.7 Å². The second kappa shape index (κ2) is 16.2. The van der Waals surface area contributed by atoms with Crippen molar-refractivity contribution in [1.29, 1.82) is 0 Å². The fraction of sp³-hybridized carbons (Fsp3) is 0.645. The van der Waals surface area contributed by atoms with Gasteiger partial charge in [0.25, 0.3) is 11.8 Å². The smallest absolute Gasteiger partial charge is 0.413 e. The Morgan fingerprint density at radius 3 is 2.11 bits per heavy atom. The summed E-state index contributed by atoms with van der Waals surface area (Å²) in [5.74, 6) is -3.11. The standard InChI is InChI=1S/C31H47N9O12S2/c1-28(2,3)49-24(43)31(10,11)52-37-20(18-16-53-25(33-18)35-27(45)51-30(7,8)9)22(41)34-21-19(40(23(21)42)54(46,47)48)15-39-14-17(36-38-39)12-13-32-26(44)50-29(4,5)6/h14,16,19,21H,12-13,15H2,1-11H3,(H,32,44)(H,34,41)(H,33,35,45)(H,46,47,48)/b37-20-/t19-,21?/m1/s1. The predicted molar refractivity (Wildman–Crippen MR) is 192 cm³/mol. The van der Waals surface area contributed by atoms with Crippen molar-refractivity contribution in [1.82, 2.24) is 34.9 Å². The van der Waals surface area contributed by atoms with Gasteiger partial charge in [-0.1, -0.05) is 10.4 Å². The van der Waals surface area contributed by atoms with E-state index in [0.717, 1.165) is 11.3 Å². The number of nitrogens with one attached hydrogen (secondary N) is 3. The van der Waals surface area contributed by atoms with Crippen LogP contribution in [0, 0.1) is 0 Å². The van der Waals surface area contributed by atoms with E-state index in [1.807, 2.05) is 0 Å². The molecule has 300 valence electrons. The molecule has 1 fully saturated rings. The first-order valence-corrected chi connectivity index (χ1v) is 18.8. The number of esters is 1. The molecule has 0 aromatic carbocycles. The van der Waals surface area contributed by atoms with Gasteiger partial charge in [-0.2, -0.15) is 8.42 Å². The molecule has 54 heavy (non-hydrogen) atoms. The van der Waals surface area contributed by atoms with Crippen LogP contribution in [-0.2, 0) is 56.7 Å². The Morgan fingerprint density at radius 2 is 1.54 bits per heavy atom. The fourth-order valence-corrected chi connectivity index (χ4v) is 5.88. The summed E-state index contributed by atoms with van der Waals surface area (Å²) in [6, 6.07) is -2.95. The molecule has 0 aliphatic carbocycles. The van der Waals surface area contributed by atoms with Gasteiger partial charge in [-0.05, 0) is 76.2 Å². The molecule has 0 radical (unpaired) electrons. The number of hydrogen-bond acceptors (Lipinski definition) is 16. The summed E-state index contributed by atoms with van der Waals surface area (Å²) in [5, 5.41) is 20.5. The van der Waals surface area contributed by atoms with Crippen LogP contribution in [0.4, 0.5) is 14.7 Å². The molecule has 23 heteroatoms. The molecule has 0 bridgehead atoms. The number of carbonyl (C=O) groups is 5. The van der Waals surface area contributed by atoms with Crippen LogP contribution in [-0.4, -0.2) is 114 Å². The van der Waals surface area contributed by atoms with E-state index < -0.39 is 80.5 Å². The van der Waals surface area contributed by atoms with Gasteiger partial charge in [-0.25, -0.2) is 23.7 Å². The van der Waals surface area contributed by atoms with Crippen LogP contribution in [0.15, 0.2) is 16.7 Å². The van der Waals surface area contributed by atoms with E-state index in [2.05, 4.69) is 36.4 Å². The van der Waals surface area contributed by atoms with Gasteiger partial charge in [-0.15, -0.1) is 16.4 Å². The first-order valence-electron chi connectivity index (χ1n) is 16.5. The number of hydrogen-bond donors (Lipinski definition) is 4. The third kappa shape index (κ3) is 12.9. The lowest BCUT2D eigenvalue weighted by Gasteiger charge is -2.43. The van der Waals surface area contributed by atoms with Gasteiger partial charge >= 0.3 is 28.5 Å². The highest BCUT2D eigenvalue weighted by atomic mass is 32.2. The molecule has 1 aliphatic rings. The van der Waals surface area contributed by atoms with Gasteiger partial charge in [0.2, 0.25) is 5.60 Å². The number of aromatic nitrogens is 4. The molecular formula is C31H47N9O12S2. The minimum Gasteiger partial charge on any atom is -0.457 e. The van der Waals surface area contributed by atoms with Gasteiger partial charge in [0.1, 0.15) is 28.5 Å². The quantitative estimate of drug-likeness (QED) is 0.0565. The van der Waals surface area contributed by atoms with Crippen molar-refractivity contribution in [3.05, 3.63) is 23.0 Å².